The van der Waals surface area contributed by atoms with E-state index < -0.39 is 0 Å². The second-order valence-electron chi connectivity index (χ2n) is 17.9. The van der Waals surface area contributed by atoms with Gasteiger partial charge in [0.2, 0.25) is 0 Å². The molecule has 49 heavy (non-hydrogen) atoms. The lowest BCUT2D eigenvalue weighted by Gasteiger charge is -2.57. The summed E-state index contributed by atoms with van der Waals surface area (Å²) in [5.74, 6) is 3.48. The van der Waals surface area contributed by atoms with E-state index in [4.69, 9.17) is 0 Å². The van der Waals surface area contributed by atoms with Crippen LogP contribution in [-0.4, -0.2) is 14.6 Å². The zero-order valence-electron chi connectivity index (χ0n) is 28.0. The maximum Gasteiger partial charge on any atom is 0.169 e. The predicted molar refractivity (Wildman–Crippen MR) is 200 cm³/mol. The van der Waals surface area contributed by atoms with Gasteiger partial charge in [-0.05, 0) is 121 Å². The molecule has 3 fully saturated rings. The van der Waals surface area contributed by atoms with Crippen LogP contribution in [0.2, 0.25) is 0 Å². The first kappa shape index (κ1) is 25.4. The molecule has 0 aliphatic heterocycles. The number of aromatic nitrogens is 2. The zero-order valence-corrected chi connectivity index (χ0v) is 28.0. The van der Waals surface area contributed by atoms with Crippen LogP contribution in [0, 0.1) is 17.3 Å². The summed E-state index contributed by atoms with van der Waals surface area (Å²) in [5, 5.41) is 11.0. The van der Waals surface area contributed by atoms with Crippen molar-refractivity contribution in [2.24, 2.45) is 17.3 Å². The first-order valence-corrected chi connectivity index (χ1v) is 18.8. The molecule has 2 atom stereocenters. The molecule has 7 aliphatic rings. The second kappa shape index (κ2) is 7.58. The zero-order chi connectivity index (χ0) is 31.9. The number of rotatable bonds is 0. The van der Waals surface area contributed by atoms with Crippen LogP contribution in [0.25, 0.3) is 76.2 Å². The van der Waals surface area contributed by atoms with E-state index in [0.717, 1.165) is 30.2 Å². The van der Waals surface area contributed by atoms with Gasteiger partial charge in [0.25, 0.3) is 0 Å². The van der Waals surface area contributed by atoms with Crippen molar-refractivity contribution < 1.29 is 4.79 Å². The summed E-state index contributed by atoms with van der Waals surface area (Å²) in [6, 6.07) is 28.3. The Bertz CT molecular complexity index is 3040. The summed E-state index contributed by atoms with van der Waals surface area (Å²) in [6.45, 7) is 4.61. The van der Waals surface area contributed by atoms with Crippen molar-refractivity contribution in [1.29, 1.82) is 0 Å². The number of fused-ring (bicyclic) bond motifs is 13. The maximum atomic E-state index is 14.2. The van der Waals surface area contributed by atoms with Crippen LogP contribution in [-0.2, 0) is 5.41 Å². The highest BCUT2D eigenvalue weighted by molar-refractivity contribution is 6.38. The smallest absolute Gasteiger partial charge is 0.169 e. The van der Waals surface area contributed by atoms with E-state index in [1.54, 1.807) is 11.1 Å². The Kier molecular flexibility index (Phi) is 3.92. The van der Waals surface area contributed by atoms with Gasteiger partial charge in [-0.1, -0.05) is 56.3 Å². The normalized spacial score (nSPS) is 30.3. The molecule has 7 aliphatic carbocycles. The molecular formula is C46H36N2O. The van der Waals surface area contributed by atoms with Crippen LogP contribution in [0.4, 0.5) is 0 Å². The third-order valence-corrected chi connectivity index (χ3v) is 15.1. The van der Waals surface area contributed by atoms with Gasteiger partial charge in [-0.25, -0.2) is 0 Å². The standard InChI is InChI=1S/C46H36N2O/c1-45-20-46(2,21-45)44(49)30-18-36-31(17-33(30)45)41-39-29-8-5-7-28-27-6-3-4-9-34(27)47(42(28)29)37(39)19-32-40-35(48(36)43(32)41)11-10-26-24-13-22-12-23(14-24)16-25(15-22)38(26)40/h3-11,17-19,22-25H,12-16,20-21H2,1-2H3. The number of Topliss-reactive ketones (excluding diaryl/α,β-unsaturated/α-hetero) is 1. The number of benzene rings is 5. The third-order valence-electron chi connectivity index (χ3n) is 15.1. The number of hydrogen-bond donors (Lipinski definition) is 0. The molecule has 236 valence electrons. The first-order valence-electron chi connectivity index (χ1n) is 18.8. The predicted octanol–water partition coefficient (Wildman–Crippen LogP) is 11.6. The molecule has 6 bridgehead atoms. The summed E-state index contributed by atoms with van der Waals surface area (Å²) in [4.78, 5) is 14.2. The monoisotopic (exact) mass is 632 g/mol. The minimum absolute atomic E-state index is 0.0700. The van der Waals surface area contributed by atoms with E-state index in [-0.39, 0.29) is 10.8 Å². The average Bonchev–Trinajstić information content (AvgIpc) is 3.78. The Labute approximate surface area is 283 Å². The van der Waals surface area contributed by atoms with Crippen LogP contribution < -0.4 is 0 Å². The molecule has 2 unspecified atom stereocenters. The molecule has 3 nitrogen and oxygen atoms in total. The fraction of sp³-hybridized carbons (Fsp3) is 0.326. The van der Waals surface area contributed by atoms with Gasteiger partial charge < -0.3 is 8.80 Å². The average molecular weight is 633 g/mol. The van der Waals surface area contributed by atoms with Gasteiger partial charge in [0.05, 0.1) is 33.1 Å². The van der Waals surface area contributed by atoms with Crippen LogP contribution >= 0.6 is 0 Å². The summed E-state index contributed by atoms with van der Waals surface area (Å²) >= 11 is 0. The fourth-order valence-corrected chi connectivity index (χ4v) is 13.9. The molecule has 0 spiro atoms. The Hall–Kier alpha value is -4.63. The molecule has 0 amide bonds. The van der Waals surface area contributed by atoms with Crippen LogP contribution in [0.1, 0.15) is 97.7 Å². The van der Waals surface area contributed by atoms with Gasteiger partial charge >= 0.3 is 0 Å². The Morgan fingerprint density at radius 3 is 2.18 bits per heavy atom. The minimum atomic E-state index is -0.216. The van der Waals surface area contributed by atoms with Crippen molar-refractivity contribution in [1.82, 2.24) is 8.80 Å². The van der Waals surface area contributed by atoms with E-state index in [1.807, 2.05) is 0 Å². The minimum Gasteiger partial charge on any atom is -0.308 e. The van der Waals surface area contributed by atoms with E-state index in [1.165, 1.54) is 114 Å². The van der Waals surface area contributed by atoms with Gasteiger partial charge in [-0.15, -0.1) is 0 Å². The number of nitrogens with zero attached hydrogens (tertiary/aromatic N) is 2. The topological polar surface area (TPSA) is 25.9 Å². The van der Waals surface area contributed by atoms with Gasteiger partial charge in [-0.2, -0.15) is 0 Å². The Morgan fingerprint density at radius 1 is 0.571 bits per heavy atom. The van der Waals surface area contributed by atoms with E-state index in [2.05, 4.69) is 95.4 Å². The quantitative estimate of drug-likeness (QED) is 0.163. The van der Waals surface area contributed by atoms with E-state index in [9.17, 15) is 4.79 Å². The van der Waals surface area contributed by atoms with Crippen molar-refractivity contribution in [3.05, 3.63) is 95.1 Å². The molecule has 4 heterocycles. The molecule has 0 radical (unpaired) electrons. The fourth-order valence-electron chi connectivity index (χ4n) is 13.9. The molecule has 5 aromatic carbocycles. The number of ketones is 1. The van der Waals surface area contributed by atoms with Crippen molar-refractivity contribution in [3.63, 3.8) is 0 Å². The molecule has 9 aromatic rings. The lowest BCUT2D eigenvalue weighted by molar-refractivity contribution is 0.0280. The van der Waals surface area contributed by atoms with E-state index in [0.29, 0.717) is 17.6 Å². The van der Waals surface area contributed by atoms with Gasteiger partial charge in [-0.3, -0.25) is 4.79 Å². The van der Waals surface area contributed by atoms with Crippen LogP contribution in [0.15, 0.2) is 72.8 Å². The number of carbonyl (C=O) groups excluding carboxylic acids is 1. The van der Waals surface area contributed by atoms with Gasteiger partial charge in [0.15, 0.2) is 5.78 Å². The molecule has 3 heteroatoms. The van der Waals surface area contributed by atoms with Gasteiger partial charge in [0, 0.05) is 54.1 Å². The molecule has 4 aromatic heterocycles. The summed E-state index contributed by atoms with van der Waals surface area (Å²) in [5.41, 5.74) is 13.4. The lowest BCUT2D eigenvalue weighted by atomic mass is 9.45. The van der Waals surface area contributed by atoms with E-state index >= 15 is 0 Å². The Morgan fingerprint density at radius 2 is 1.33 bits per heavy atom. The molecule has 0 N–H and O–H groups in total. The number of para-hydroxylation sites is 2. The van der Waals surface area contributed by atoms with Crippen molar-refractivity contribution in [3.8, 4) is 0 Å². The number of hydrogen-bond acceptors (Lipinski definition) is 1. The highest BCUT2D eigenvalue weighted by Gasteiger charge is 2.59. The summed E-state index contributed by atoms with van der Waals surface area (Å²) in [6.07, 6.45) is 8.85. The maximum absolute atomic E-state index is 14.2. The highest BCUT2D eigenvalue weighted by Crippen LogP contribution is 2.63. The summed E-state index contributed by atoms with van der Waals surface area (Å²) in [7, 11) is 0. The number of carbonyl (C=O) groups is 1. The highest BCUT2D eigenvalue weighted by atomic mass is 16.1. The summed E-state index contributed by atoms with van der Waals surface area (Å²) < 4.78 is 5.19. The third kappa shape index (κ3) is 2.59. The lowest BCUT2D eigenvalue weighted by Crippen LogP contribution is -2.55. The molecule has 16 rings (SSSR count). The SMILES string of the molecule is CC12CC(C)(C1)c1cc3c4c5c6cccc7c8ccccc8n(c5cc5c8c9c(ccc8n(c3cc1C2=O)c54)C1CC2CC(C1)CC9C2)c76. The van der Waals surface area contributed by atoms with Crippen molar-refractivity contribution in [2.75, 3.05) is 0 Å². The van der Waals surface area contributed by atoms with Crippen molar-refractivity contribution >= 4 is 82.0 Å². The van der Waals surface area contributed by atoms with Crippen LogP contribution in [0.5, 0.6) is 0 Å². The van der Waals surface area contributed by atoms with Gasteiger partial charge in [0.1, 0.15) is 0 Å². The molecular weight excluding hydrogens is 597 g/mol. The largest absolute Gasteiger partial charge is 0.308 e. The molecule has 0 saturated heterocycles. The molecule has 3 saturated carbocycles. The first-order chi connectivity index (χ1) is 23.9. The van der Waals surface area contributed by atoms with Crippen molar-refractivity contribution in [2.45, 2.75) is 76.0 Å². The Balaban J connectivity index is 1.26. The van der Waals surface area contributed by atoms with Crippen LogP contribution in [0.3, 0.4) is 0 Å². The second-order valence-corrected chi connectivity index (χ2v) is 17.9.